The summed E-state index contributed by atoms with van der Waals surface area (Å²) in [5, 5.41) is 9.03. The third-order valence-electron chi connectivity index (χ3n) is 2.54. The van der Waals surface area contributed by atoms with E-state index in [1.807, 2.05) is 6.92 Å². The predicted octanol–water partition coefficient (Wildman–Crippen LogP) is 3.89. The Labute approximate surface area is 117 Å². The van der Waals surface area contributed by atoms with Crippen LogP contribution in [0.3, 0.4) is 0 Å². The van der Waals surface area contributed by atoms with Crippen molar-refractivity contribution in [3.05, 3.63) is 39.9 Å². The molecule has 0 bridgehead atoms. The molecule has 0 radical (unpaired) electrons. The molecular weight excluding hydrogens is 317 g/mol. The van der Waals surface area contributed by atoms with Gasteiger partial charge in [0.25, 0.3) is 0 Å². The van der Waals surface area contributed by atoms with Crippen LogP contribution < -0.4 is 0 Å². The maximum absolute atomic E-state index is 13.8. The fourth-order valence-corrected chi connectivity index (χ4v) is 2.04. The average molecular weight is 328 g/mol. The predicted molar refractivity (Wildman–Crippen MR) is 70.6 cm³/mol. The average Bonchev–Trinajstić information content (AvgIpc) is 2.73. The van der Waals surface area contributed by atoms with E-state index in [0.29, 0.717) is 16.6 Å². The summed E-state index contributed by atoms with van der Waals surface area (Å²) in [5.41, 5.74) is 0.486. The first-order valence-corrected chi connectivity index (χ1v) is 6.50. The van der Waals surface area contributed by atoms with Crippen LogP contribution in [0.25, 0.3) is 11.5 Å². The number of benzene rings is 1. The zero-order valence-corrected chi connectivity index (χ0v) is 11.7. The van der Waals surface area contributed by atoms with E-state index in [9.17, 15) is 9.18 Å². The lowest BCUT2D eigenvalue weighted by Crippen LogP contribution is -1.99. The van der Waals surface area contributed by atoms with Crippen LogP contribution in [0.15, 0.2) is 27.1 Å². The van der Waals surface area contributed by atoms with Gasteiger partial charge in [0, 0.05) is 4.47 Å². The van der Waals surface area contributed by atoms with Gasteiger partial charge in [0.15, 0.2) is 0 Å². The minimum Gasteiger partial charge on any atom is -0.475 e. The van der Waals surface area contributed by atoms with Crippen molar-refractivity contribution in [1.82, 2.24) is 4.98 Å². The molecule has 100 valence electrons. The summed E-state index contributed by atoms with van der Waals surface area (Å²) >= 11 is 3.15. The highest BCUT2D eigenvalue weighted by molar-refractivity contribution is 9.10. The van der Waals surface area contributed by atoms with Crippen LogP contribution in [0.4, 0.5) is 4.39 Å². The molecule has 2 rings (SSSR count). The van der Waals surface area contributed by atoms with E-state index in [1.54, 1.807) is 6.07 Å². The molecule has 4 nitrogen and oxygen atoms in total. The van der Waals surface area contributed by atoms with Gasteiger partial charge in [0.2, 0.25) is 11.7 Å². The SMILES string of the molecule is CCCc1nc(-c2ccc(Br)cc2F)oc1C(=O)O. The van der Waals surface area contributed by atoms with Crippen molar-refractivity contribution in [2.75, 3.05) is 0 Å². The summed E-state index contributed by atoms with van der Waals surface area (Å²) in [5.74, 6) is -1.94. The molecular formula is C13H11BrFNO3. The van der Waals surface area contributed by atoms with Crippen molar-refractivity contribution < 1.29 is 18.7 Å². The second kappa shape index (κ2) is 5.52. The number of carboxylic acids is 1. The minimum atomic E-state index is -1.19. The van der Waals surface area contributed by atoms with Gasteiger partial charge in [0.05, 0.1) is 11.3 Å². The van der Waals surface area contributed by atoms with Gasteiger partial charge in [-0.2, -0.15) is 0 Å². The smallest absolute Gasteiger partial charge is 0.373 e. The number of carbonyl (C=O) groups is 1. The summed E-state index contributed by atoms with van der Waals surface area (Å²) in [6.07, 6.45) is 1.21. The fraction of sp³-hybridized carbons (Fsp3) is 0.231. The molecule has 0 amide bonds. The Morgan fingerprint density at radius 3 is 2.84 bits per heavy atom. The van der Waals surface area contributed by atoms with Crippen LogP contribution in [-0.4, -0.2) is 16.1 Å². The number of rotatable bonds is 4. The Morgan fingerprint density at radius 2 is 2.26 bits per heavy atom. The van der Waals surface area contributed by atoms with Crippen LogP contribution in [0, 0.1) is 5.82 Å². The Balaban J connectivity index is 2.50. The van der Waals surface area contributed by atoms with Gasteiger partial charge in [-0.15, -0.1) is 0 Å². The number of oxazole rings is 1. The van der Waals surface area contributed by atoms with Crippen LogP contribution >= 0.6 is 15.9 Å². The maximum Gasteiger partial charge on any atom is 0.373 e. The van der Waals surface area contributed by atoms with E-state index in [1.165, 1.54) is 12.1 Å². The number of carboxylic acid groups (broad SMARTS) is 1. The topological polar surface area (TPSA) is 63.3 Å². The third-order valence-corrected chi connectivity index (χ3v) is 3.03. The highest BCUT2D eigenvalue weighted by atomic mass is 79.9. The molecule has 1 N–H and O–H groups in total. The molecule has 6 heteroatoms. The molecule has 0 saturated heterocycles. The molecule has 0 aliphatic heterocycles. The maximum atomic E-state index is 13.8. The zero-order chi connectivity index (χ0) is 14.0. The van der Waals surface area contributed by atoms with E-state index in [4.69, 9.17) is 9.52 Å². The number of aromatic carboxylic acids is 1. The summed E-state index contributed by atoms with van der Waals surface area (Å²) in [7, 11) is 0. The second-order valence-corrected chi connectivity index (χ2v) is 4.89. The minimum absolute atomic E-state index is 0.00847. The molecule has 0 fully saturated rings. The van der Waals surface area contributed by atoms with Gasteiger partial charge in [0.1, 0.15) is 5.82 Å². The number of aromatic nitrogens is 1. The highest BCUT2D eigenvalue weighted by Crippen LogP contribution is 2.27. The Hall–Kier alpha value is -1.69. The number of nitrogens with zero attached hydrogens (tertiary/aromatic N) is 1. The van der Waals surface area contributed by atoms with Gasteiger partial charge >= 0.3 is 5.97 Å². The standard InChI is InChI=1S/C13H11BrFNO3/c1-2-3-10-11(13(17)18)19-12(16-10)8-5-4-7(14)6-9(8)15/h4-6H,2-3H2,1H3,(H,17,18). The normalized spacial score (nSPS) is 10.7. The largest absolute Gasteiger partial charge is 0.475 e. The van der Waals surface area contributed by atoms with Gasteiger partial charge in [-0.1, -0.05) is 29.3 Å². The molecule has 0 spiro atoms. The van der Waals surface area contributed by atoms with Crippen molar-refractivity contribution in [3.63, 3.8) is 0 Å². The van der Waals surface area contributed by atoms with Crippen molar-refractivity contribution in [2.24, 2.45) is 0 Å². The number of hydrogen-bond donors (Lipinski definition) is 1. The Bertz CT molecular complexity index is 624. The number of halogens is 2. The first kappa shape index (κ1) is 13.7. The van der Waals surface area contributed by atoms with Crippen molar-refractivity contribution in [2.45, 2.75) is 19.8 Å². The van der Waals surface area contributed by atoms with E-state index < -0.39 is 11.8 Å². The van der Waals surface area contributed by atoms with Crippen LogP contribution in [0.2, 0.25) is 0 Å². The quantitative estimate of drug-likeness (QED) is 0.925. The third kappa shape index (κ3) is 2.84. The first-order valence-electron chi connectivity index (χ1n) is 5.71. The summed E-state index contributed by atoms with van der Waals surface area (Å²) in [4.78, 5) is 15.1. The van der Waals surface area contributed by atoms with Gasteiger partial charge < -0.3 is 9.52 Å². The zero-order valence-electron chi connectivity index (χ0n) is 10.1. The second-order valence-electron chi connectivity index (χ2n) is 3.97. The monoisotopic (exact) mass is 327 g/mol. The number of aryl methyl sites for hydroxylation is 1. The molecule has 0 unspecified atom stereocenters. The summed E-state index contributed by atoms with van der Waals surface area (Å²) < 4.78 is 19.5. The molecule has 19 heavy (non-hydrogen) atoms. The Morgan fingerprint density at radius 1 is 1.53 bits per heavy atom. The molecule has 0 aliphatic carbocycles. The molecule has 0 aliphatic rings. The summed E-state index contributed by atoms with van der Waals surface area (Å²) in [6, 6.07) is 4.41. The lowest BCUT2D eigenvalue weighted by Gasteiger charge is -1.98. The number of hydrogen-bond acceptors (Lipinski definition) is 3. The van der Waals surface area contributed by atoms with E-state index in [-0.39, 0.29) is 17.2 Å². The molecule has 0 saturated carbocycles. The van der Waals surface area contributed by atoms with Crippen LogP contribution in [0.5, 0.6) is 0 Å². The van der Waals surface area contributed by atoms with Crippen LogP contribution in [-0.2, 0) is 6.42 Å². The van der Waals surface area contributed by atoms with E-state index in [0.717, 1.165) is 6.42 Å². The molecule has 1 aromatic heterocycles. The van der Waals surface area contributed by atoms with Gasteiger partial charge in [-0.3, -0.25) is 0 Å². The Kier molecular flexibility index (Phi) is 3.99. The van der Waals surface area contributed by atoms with Crippen molar-refractivity contribution in [1.29, 1.82) is 0 Å². The van der Waals surface area contributed by atoms with Crippen molar-refractivity contribution in [3.8, 4) is 11.5 Å². The van der Waals surface area contributed by atoms with E-state index in [2.05, 4.69) is 20.9 Å². The van der Waals surface area contributed by atoms with E-state index >= 15 is 0 Å². The highest BCUT2D eigenvalue weighted by Gasteiger charge is 2.21. The lowest BCUT2D eigenvalue weighted by atomic mass is 10.2. The lowest BCUT2D eigenvalue weighted by molar-refractivity contribution is 0.0661. The van der Waals surface area contributed by atoms with Crippen molar-refractivity contribution >= 4 is 21.9 Å². The molecule has 1 aromatic carbocycles. The molecule has 1 heterocycles. The van der Waals surface area contributed by atoms with Gasteiger partial charge in [-0.05, 0) is 24.6 Å². The fourth-order valence-electron chi connectivity index (χ4n) is 1.70. The van der Waals surface area contributed by atoms with Crippen LogP contribution in [0.1, 0.15) is 29.6 Å². The first-order chi connectivity index (χ1) is 9.02. The molecule has 2 aromatic rings. The summed E-state index contributed by atoms with van der Waals surface area (Å²) in [6.45, 7) is 1.90. The van der Waals surface area contributed by atoms with Gasteiger partial charge in [-0.25, -0.2) is 14.2 Å². The molecule has 0 atom stereocenters.